The van der Waals surface area contributed by atoms with Crippen molar-refractivity contribution < 1.29 is 19.4 Å². The molecule has 0 unspecified atom stereocenters. The third kappa shape index (κ3) is 2.37. The van der Waals surface area contributed by atoms with Gasteiger partial charge in [0.05, 0.1) is 13.3 Å². The number of pyridine rings is 1. The van der Waals surface area contributed by atoms with E-state index in [4.69, 9.17) is 9.47 Å². The van der Waals surface area contributed by atoms with Crippen molar-refractivity contribution in [2.45, 2.75) is 6.92 Å². The van der Waals surface area contributed by atoms with Gasteiger partial charge in [-0.2, -0.15) is 0 Å². The topological polar surface area (TPSA) is 60.2 Å². The SMILES string of the molecule is COc1ccccc1Oc1ccc2cc(C)c(C(=O)O)n2c1. The number of aryl methyl sites for hydroxylation is 1. The number of methoxy groups -OCH3 is 1. The molecule has 0 amide bonds. The average molecular weight is 297 g/mol. The molecule has 0 saturated carbocycles. The molecule has 3 rings (SSSR count). The van der Waals surface area contributed by atoms with Crippen molar-refractivity contribution >= 4 is 11.5 Å². The molecular formula is C17H15NO4. The van der Waals surface area contributed by atoms with E-state index in [1.807, 2.05) is 24.3 Å². The number of para-hydroxylation sites is 2. The van der Waals surface area contributed by atoms with E-state index in [1.54, 1.807) is 42.8 Å². The van der Waals surface area contributed by atoms with Crippen LogP contribution in [0, 0.1) is 6.92 Å². The van der Waals surface area contributed by atoms with E-state index in [2.05, 4.69) is 0 Å². The van der Waals surface area contributed by atoms with Crippen molar-refractivity contribution in [3.8, 4) is 17.2 Å². The smallest absolute Gasteiger partial charge is 0.353 e. The van der Waals surface area contributed by atoms with E-state index >= 15 is 0 Å². The molecule has 0 aliphatic heterocycles. The predicted molar refractivity (Wildman–Crippen MR) is 82.2 cm³/mol. The van der Waals surface area contributed by atoms with Crippen LogP contribution < -0.4 is 9.47 Å². The maximum absolute atomic E-state index is 11.4. The normalized spacial score (nSPS) is 10.6. The summed E-state index contributed by atoms with van der Waals surface area (Å²) in [6, 6.07) is 12.7. The fourth-order valence-electron chi connectivity index (χ4n) is 2.45. The maximum Gasteiger partial charge on any atom is 0.353 e. The molecule has 112 valence electrons. The van der Waals surface area contributed by atoms with E-state index < -0.39 is 5.97 Å². The zero-order valence-electron chi connectivity index (χ0n) is 12.2. The molecule has 0 bridgehead atoms. The molecule has 5 nitrogen and oxygen atoms in total. The minimum Gasteiger partial charge on any atom is -0.493 e. The van der Waals surface area contributed by atoms with Crippen molar-refractivity contribution in [1.29, 1.82) is 0 Å². The van der Waals surface area contributed by atoms with Gasteiger partial charge in [-0.15, -0.1) is 0 Å². The molecule has 0 atom stereocenters. The van der Waals surface area contributed by atoms with Crippen molar-refractivity contribution in [1.82, 2.24) is 4.40 Å². The third-order valence-corrected chi connectivity index (χ3v) is 3.43. The molecule has 0 radical (unpaired) electrons. The first kappa shape index (κ1) is 14.0. The zero-order chi connectivity index (χ0) is 15.7. The maximum atomic E-state index is 11.4. The number of rotatable bonds is 4. The van der Waals surface area contributed by atoms with Gasteiger partial charge in [-0.05, 0) is 42.8 Å². The number of fused-ring (bicyclic) bond motifs is 1. The van der Waals surface area contributed by atoms with Gasteiger partial charge in [-0.3, -0.25) is 0 Å². The minimum absolute atomic E-state index is 0.237. The Labute approximate surface area is 127 Å². The first-order valence-corrected chi connectivity index (χ1v) is 6.76. The highest BCUT2D eigenvalue weighted by Crippen LogP contribution is 2.31. The monoisotopic (exact) mass is 297 g/mol. The van der Waals surface area contributed by atoms with Crippen molar-refractivity contribution in [2.75, 3.05) is 7.11 Å². The van der Waals surface area contributed by atoms with E-state index in [1.165, 1.54) is 0 Å². The number of ether oxygens (including phenoxy) is 2. The molecular weight excluding hydrogens is 282 g/mol. The van der Waals surface area contributed by atoms with E-state index in [0.29, 0.717) is 22.8 Å². The molecule has 3 aromatic rings. The summed E-state index contributed by atoms with van der Waals surface area (Å²) in [5.41, 5.74) is 1.75. The van der Waals surface area contributed by atoms with Crippen LogP contribution in [0.25, 0.3) is 5.52 Å². The van der Waals surface area contributed by atoms with Crippen LogP contribution in [-0.2, 0) is 0 Å². The van der Waals surface area contributed by atoms with Crippen LogP contribution in [-0.4, -0.2) is 22.6 Å². The summed E-state index contributed by atoms with van der Waals surface area (Å²) in [7, 11) is 1.57. The summed E-state index contributed by atoms with van der Waals surface area (Å²) in [6.07, 6.45) is 1.66. The molecule has 0 spiro atoms. The Morgan fingerprint density at radius 3 is 2.55 bits per heavy atom. The van der Waals surface area contributed by atoms with Crippen LogP contribution in [0.3, 0.4) is 0 Å². The molecule has 5 heteroatoms. The van der Waals surface area contributed by atoms with Gasteiger partial charge < -0.3 is 19.0 Å². The first-order chi connectivity index (χ1) is 10.6. The summed E-state index contributed by atoms with van der Waals surface area (Å²) < 4.78 is 12.7. The molecule has 1 aromatic carbocycles. The number of aromatic carboxylic acids is 1. The van der Waals surface area contributed by atoms with Crippen molar-refractivity contribution in [3.63, 3.8) is 0 Å². The molecule has 22 heavy (non-hydrogen) atoms. The Balaban J connectivity index is 2.05. The molecule has 0 fully saturated rings. The second kappa shape index (κ2) is 5.44. The molecule has 0 saturated heterocycles. The van der Waals surface area contributed by atoms with Gasteiger partial charge in [0.1, 0.15) is 11.4 Å². The van der Waals surface area contributed by atoms with Gasteiger partial charge in [0, 0.05) is 5.52 Å². The summed E-state index contributed by atoms with van der Waals surface area (Å²) in [4.78, 5) is 11.4. The highest BCUT2D eigenvalue weighted by atomic mass is 16.5. The lowest BCUT2D eigenvalue weighted by molar-refractivity contribution is 0.0688. The number of hydrogen-bond acceptors (Lipinski definition) is 3. The Morgan fingerprint density at radius 1 is 1.14 bits per heavy atom. The lowest BCUT2D eigenvalue weighted by atomic mass is 10.3. The van der Waals surface area contributed by atoms with Crippen LogP contribution in [0.2, 0.25) is 0 Å². The standard InChI is InChI=1S/C17H15NO4/c1-11-9-12-7-8-13(10-18(12)16(11)17(19)20)22-15-6-4-3-5-14(15)21-2/h3-10H,1-2H3,(H,19,20). The van der Waals surface area contributed by atoms with Gasteiger partial charge in [-0.1, -0.05) is 12.1 Å². The summed E-state index contributed by atoms with van der Waals surface area (Å²) in [5.74, 6) is 0.761. The van der Waals surface area contributed by atoms with Gasteiger partial charge in [0.25, 0.3) is 0 Å². The zero-order valence-corrected chi connectivity index (χ0v) is 12.2. The van der Waals surface area contributed by atoms with Crippen LogP contribution in [0.4, 0.5) is 0 Å². The Hall–Kier alpha value is -2.95. The van der Waals surface area contributed by atoms with Crippen LogP contribution in [0.1, 0.15) is 16.1 Å². The van der Waals surface area contributed by atoms with Crippen LogP contribution in [0.15, 0.2) is 48.7 Å². The Bertz CT molecular complexity index is 851. The third-order valence-electron chi connectivity index (χ3n) is 3.43. The van der Waals surface area contributed by atoms with Gasteiger partial charge >= 0.3 is 5.97 Å². The summed E-state index contributed by atoms with van der Waals surface area (Å²) in [5, 5.41) is 9.33. The van der Waals surface area contributed by atoms with Crippen LogP contribution >= 0.6 is 0 Å². The second-order valence-electron chi connectivity index (χ2n) is 4.89. The van der Waals surface area contributed by atoms with E-state index in [-0.39, 0.29) is 5.69 Å². The average Bonchev–Trinajstić information content (AvgIpc) is 2.83. The highest BCUT2D eigenvalue weighted by molar-refractivity contribution is 5.89. The first-order valence-electron chi connectivity index (χ1n) is 6.76. The number of carboxylic acid groups (broad SMARTS) is 1. The van der Waals surface area contributed by atoms with Gasteiger partial charge in [0.15, 0.2) is 11.5 Å². The molecule has 0 aliphatic rings. The van der Waals surface area contributed by atoms with Gasteiger partial charge in [-0.25, -0.2) is 4.79 Å². The number of benzene rings is 1. The fraction of sp³-hybridized carbons (Fsp3) is 0.118. The van der Waals surface area contributed by atoms with Crippen molar-refractivity contribution in [3.05, 3.63) is 59.9 Å². The second-order valence-corrected chi connectivity index (χ2v) is 4.89. The van der Waals surface area contributed by atoms with Crippen LogP contribution in [0.5, 0.6) is 17.2 Å². The molecule has 1 N–H and O–H groups in total. The molecule has 0 aliphatic carbocycles. The summed E-state index contributed by atoms with van der Waals surface area (Å²) in [6.45, 7) is 1.78. The minimum atomic E-state index is -0.966. The predicted octanol–water partition coefficient (Wildman–Crippen LogP) is 3.75. The number of nitrogens with zero attached hydrogens (tertiary/aromatic N) is 1. The fourth-order valence-corrected chi connectivity index (χ4v) is 2.45. The Morgan fingerprint density at radius 2 is 1.86 bits per heavy atom. The quantitative estimate of drug-likeness (QED) is 0.796. The lowest BCUT2D eigenvalue weighted by Gasteiger charge is -2.10. The number of aromatic nitrogens is 1. The largest absolute Gasteiger partial charge is 0.493 e. The van der Waals surface area contributed by atoms with E-state index in [0.717, 1.165) is 5.52 Å². The molecule has 2 heterocycles. The number of carbonyl (C=O) groups is 1. The van der Waals surface area contributed by atoms with Gasteiger partial charge in [0.2, 0.25) is 0 Å². The highest BCUT2D eigenvalue weighted by Gasteiger charge is 2.14. The molecule has 2 aromatic heterocycles. The lowest BCUT2D eigenvalue weighted by Crippen LogP contribution is -2.03. The number of carboxylic acids is 1. The summed E-state index contributed by atoms with van der Waals surface area (Å²) >= 11 is 0. The Kier molecular flexibility index (Phi) is 3.47. The van der Waals surface area contributed by atoms with E-state index in [9.17, 15) is 9.90 Å². The number of hydrogen-bond donors (Lipinski definition) is 1. The van der Waals surface area contributed by atoms with Crippen molar-refractivity contribution in [2.24, 2.45) is 0 Å².